The van der Waals surface area contributed by atoms with E-state index in [0.29, 0.717) is 25.7 Å². The smallest absolute Gasteiger partial charge is 0.407 e. The molecule has 7 amide bonds. The Hall–Kier alpha value is -4.73. The van der Waals surface area contributed by atoms with E-state index in [4.69, 9.17) is 25.7 Å². The number of amides is 7. The molecule has 0 aromatic carbocycles. The lowest BCUT2D eigenvalue weighted by atomic mass is 10.0. The molecular formula is C44H79ClN10O11S. The minimum absolute atomic E-state index is 0. The second-order valence-corrected chi connectivity index (χ2v) is 21.4. The average molecular weight is 992 g/mol. The lowest BCUT2D eigenvalue weighted by Crippen LogP contribution is -3.00. The molecule has 7 atom stereocenters. The first kappa shape index (κ1) is 60.3. The van der Waals surface area contributed by atoms with E-state index >= 15 is 0 Å². The molecule has 2 aliphatic rings. The summed E-state index contributed by atoms with van der Waals surface area (Å²) in [6.07, 6.45) is 2.06. The van der Waals surface area contributed by atoms with Crippen LogP contribution in [-0.2, 0) is 43.0 Å². The number of rotatable bonds is 25. The van der Waals surface area contributed by atoms with Crippen molar-refractivity contribution < 1.29 is 70.0 Å². The first-order chi connectivity index (χ1) is 30.5. The highest BCUT2D eigenvalue weighted by atomic mass is 35.5. The van der Waals surface area contributed by atoms with Crippen LogP contribution in [0.15, 0.2) is 0 Å². The van der Waals surface area contributed by atoms with Crippen LogP contribution in [0, 0.1) is 5.92 Å². The molecule has 0 aliphatic carbocycles. The third-order valence-corrected chi connectivity index (χ3v) is 11.5. The number of thioether (sulfide) groups is 1. The molecule has 0 radical (unpaired) electrons. The van der Waals surface area contributed by atoms with Gasteiger partial charge in [0, 0.05) is 24.0 Å². The van der Waals surface area contributed by atoms with Gasteiger partial charge in [-0.25, -0.2) is 14.4 Å². The van der Waals surface area contributed by atoms with Crippen LogP contribution in [0.2, 0.25) is 0 Å². The van der Waals surface area contributed by atoms with Gasteiger partial charge in [-0.1, -0.05) is 20.3 Å². The Morgan fingerprint density at radius 2 is 1.30 bits per heavy atom. The van der Waals surface area contributed by atoms with Crippen LogP contribution in [0.25, 0.3) is 0 Å². The van der Waals surface area contributed by atoms with Gasteiger partial charge >= 0.3 is 30.0 Å². The molecule has 12 N–H and O–H groups in total. The number of unbranched alkanes of at least 4 members (excludes halogenated alkanes) is 2. The first-order valence-corrected chi connectivity index (χ1v) is 24.0. The molecule has 0 saturated carbocycles. The van der Waals surface area contributed by atoms with Gasteiger partial charge < -0.3 is 63.8 Å². The molecule has 2 saturated heterocycles. The van der Waals surface area contributed by atoms with Crippen molar-refractivity contribution >= 4 is 65.4 Å². The number of nitrogens with two attached hydrogens (primary N) is 2. The molecule has 2 aliphatic heterocycles. The van der Waals surface area contributed by atoms with Gasteiger partial charge in [0.25, 0.3) is 0 Å². The molecule has 0 bridgehead atoms. The van der Waals surface area contributed by atoms with E-state index in [9.17, 15) is 38.4 Å². The highest BCUT2D eigenvalue weighted by Crippen LogP contribution is 2.33. The summed E-state index contributed by atoms with van der Waals surface area (Å²) in [5.41, 5.74) is 8.61. The van der Waals surface area contributed by atoms with E-state index < -0.39 is 89.1 Å². The van der Waals surface area contributed by atoms with Gasteiger partial charge in [0.1, 0.15) is 41.0 Å². The SMILES string of the molecule is CC(C)[C@H](NC(=O)[C@H](CC(=O)OC(C)(C)C)NC(=O)[C@H](CCCCNC(=O)OC(C)(C)C)NC(=O)[C@H](CCC[NH+]=C(N)N)NC(=O)CCCC[C@@H]1SC[C@@H]2NC(=O)N[C@@H]21)C(=O)OC(C)(C)C.[Cl-]. The average Bonchev–Trinajstić information content (AvgIpc) is 3.71. The van der Waals surface area contributed by atoms with E-state index in [1.165, 1.54) is 0 Å². The number of hydrogen-bond acceptors (Lipinski definition) is 12. The lowest BCUT2D eigenvalue weighted by molar-refractivity contribution is -0.459. The zero-order valence-corrected chi connectivity index (χ0v) is 42.8. The van der Waals surface area contributed by atoms with Crippen LogP contribution in [-0.4, -0.2) is 131 Å². The van der Waals surface area contributed by atoms with Gasteiger partial charge in [0.15, 0.2) is 0 Å². The van der Waals surface area contributed by atoms with E-state index in [1.807, 2.05) is 0 Å². The Kier molecular flexibility index (Phi) is 25.1. The third kappa shape index (κ3) is 24.7. The lowest BCUT2D eigenvalue weighted by Gasteiger charge is -2.29. The van der Waals surface area contributed by atoms with E-state index in [1.54, 1.807) is 87.9 Å². The van der Waals surface area contributed by atoms with Gasteiger partial charge in [0.05, 0.1) is 25.0 Å². The number of guanidine groups is 1. The number of carbonyl (C=O) groups excluding carboxylic acids is 8. The van der Waals surface area contributed by atoms with Crippen molar-refractivity contribution in [2.24, 2.45) is 17.4 Å². The Morgan fingerprint density at radius 1 is 0.731 bits per heavy atom. The number of hydrogen-bond donors (Lipinski definition) is 10. The number of carbonyl (C=O) groups is 8. The molecule has 0 spiro atoms. The zero-order chi connectivity index (χ0) is 50.0. The number of urea groups is 1. The predicted molar refractivity (Wildman–Crippen MR) is 249 cm³/mol. The maximum Gasteiger partial charge on any atom is 0.407 e. The second kappa shape index (κ2) is 27.9. The fraction of sp³-hybridized carbons (Fsp3) is 0.795. The van der Waals surface area contributed by atoms with Gasteiger partial charge in [-0.2, -0.15) is 11.8 Å². The van der Waals surface area contributed by atoms with Gasteiger partial charge in [-0.05, 0) is 113 Å². The van der Waals surface area contributed by atoms with Crippen molar-refractivity contribution in [1.82, 2.24) is 37.2 Å². The minimum Gasteiger partial charge on any atom is -1.00 e. The van der Waals surface area contributed by atoms with Crippen LogP contribution in [0.1, 0.15) is 140 Å². The Labute approximate surface area is 406 Å². The number of fused-ring (bicyclic) bond motifs is 1. The number of halogens is 1. The highest BCUT2D eigenvalue weighted by molar-refractivity contribution is 8.00. The largest absolute Gasteiger partial charge is 1.00 e. The third-order valence-electron chi connectivity index (χ3n) is 10.0. The molecule has 0 aromatic rings. The summed E-state index contributed by atoms with van der Waals surface area (Å²) in [6.45, 7) is 19.0. The summed E-state index contributed by atoms with van der Waals surface area (Å²) in [5, 5.41) is 19.6. The molecule has 23 heteroatoms. The topological polar surface area (TPSA) is 314 Å². The molecule has 2 rings (SSSR count). The van der Waals surface area contributed by atoms with Crippen LogP contribution < -0.4 is 66.1 Å². The van der Waals surface area contributed by atoms with E-state index in [0.717, 1.165) is 18.6 Å². The van der Waals surface area contributed by atoms with Gasteiger partial charge in [-0.15, -0.1) is 0 Å². The second-order valence-electron chi connectivity index (χ2n) is 20.1. The maximum atomic E-state index is 14.3. The fourth-order valence-electron chi connectivity index (χ4n) is 7.02. The number of alkyl carbamates (subject to hydrolysis) is 1. The molecule has 67 heavy (non-hydrogen) atoms. The molecule has 2 fully saturated rings. The van der Waals surface area contributed by atoms with E-state index in [2.05, 4.69) is 42.2 Å². The fourth-order valence-corrected chi connectivity index (χ4v) is 8.56. The summed E-state index contributed by atoms with van der Waals surface area (Å²) >= 11 is 1.78. The summed E-state index contributed by atoms with van der Waals surface area (Å²) in [7, 11) is 0. The Bertz CT molecular complexity index is 1710. The monoisotopic (exact) mass is 991 g/mol. The van der Waals surface area contributed by atoms with Crippen molar-refractivity contribution in [3.63, 3.8) is 0 Å². The summed E-state index contributed by atoms with van der Waals surface area (Å²) < 4.78 is 16.3. The van der Waals surface area contributed by atoms with Crippen molar-refractivity contribution in [1.29, 1.82) is 0 Å². The quantitative estimate of drug-likeness (QED) is 0.0111. The van der Waals surface area contributed by atoms with Crippen LogP contribution in [0.3, 0.4) is 0 Å². The molecule has 0 unspecified atom stereocenters. The predicted octanol–water partition coefficient (Wildman–Crippen LogP) is -2.79. The minimum atomic E-state index is -1.56. The van der Waals surface area contributed by atoms with Crippen LogP contribution in [0.4, 0.5) is 9.59 Å². The standard InChI is InChI=1S/C44H78N10O11S.ClH/c1-25(2)33(38(60)64-43(6,7)8)53-37(59)28(23-32(56)63-42(3,4)5)51-36(58)27(17-14-15-21-48-41(62)65-44(9,10)11)50-35(57)26(18-16-22-47-39(45)46)49-31(55)20-13-12-19-30-34-29(24-66-30)52-40(61)54-34;/h25-30,33-34H,12-24H2,1-11H3,(H,48,62)(H,49,55)(H,50,57)(H,51,58)(H,53,59)(H4,45,46,47)(H2,52,54,61);1H/t26-,27-,28-,29-,30-,33-,34-;/m0./s1. The summed E-state index contributed by atoms with van der Waals surface area (Å²) in [4.78, 5) is 109. The van der Waals surface area contributed by atoms with Crippen LogP contribution in [0.5, 0.6) is 0 Å². The molecule has 2 heterocycles. The maximum absolute atomic E-state index is 14.3. The molecule has 21 nitrogen and oxygen atoms in total. The van der Waals surface area contributed by atoms with Crippen molar-refractivity contribution in [2.75, 3.05) is 18.8 Å². The Balaban J connectivity index is 0.0000224. The summed E-state index contributed by atoms with van der Waals surface area (Å²) in [6, 6.07) is -5.14. The zero-order valence-electron chi connectivity index (χ0n) is 41.2. The van der Waals surface area contributed by atoms with Crippen molar-refractivity contribution in [3.8, 4) is 0 Å². The summed E-state index contributed by atoms with van der Waals surface area (Å²) in [5.74, 6) is -3.93. The molecular weight excluding hydrogens is 912 g/mol. The number of nitrogens with one attached hydrogen (secondary N) is 8. The highest BCUT2D eigenvalue weighted by Gasteiger charge is 2.42. The van der Waals surface area contributed by atoms with E-state index in [-0.39, 0.29) is 80.0 Å². The van der Waals surface area contributed by atoms with Crippen molar-refractivity contribution in [3.05, 3.63) is 0 Å². The number of ether oxygens (including phenoxy) is 3. The Morgan fingerprint density at radius 3 is 1.88 bits per heavy atom. The van der Waals surface area contributed by atoms with Gasteiger partial charge in [-0.3, -0.25) is 40.4 Å². The van der Waals surface area contributed by atoms with Gasteiger partial charge in [0.2, 0.25) is 23.6 Å². The number of esters is 2. The van der Waals surface area contributed by atoms with Crippen molar-refractivity contribution in [2.45, 2.75) is 199 Å². The molecule has 384 valence electrons. The van der Waals surface area contributed by atoms with Crippen LogP contribution >= 0.6 is 11.8 Å². The first-order valence-electron chi connectivity index (χ1n) is 23.0. The molecule has 0 aromatic heterocycles. The normalized spacial score (nSPS) is 18.5.